The first kappa shape index (κ1) is 13.7. The van der Waals surface area contributed by atoms with Crippen LogP contribution < -0.4 is 0 Å². The summed E-state index contributed by atoms with van der Waals surface area (Å²) < 4.78 is 27.2. The van der Waals surface area contributed by atoms with Gasteiger partial charge in [-0.2, -0.15) is 0 Å². The van der Waals surface area contributed by atoms with Gasteiger partial charge in [0.15, 0.2) is 5.84 Å². The van der Waals surface area contributed by atoms with E-state index in [1.165, 1.54) is 0 Å². The Balaban J connectivity index is 2.12. The molecule has 2 aliphatic rings. The van der Waals surface area contributed by atoms with Crippen LogP contribution in [-0.2, 0) is 10.0 Å². The summed E-state index contributed by atoms with van der Waals surface area (Å²) in [5.74, 6) is 0.451. The summed E-state index contributed by atoms with van der Waals surface area (Å²) in [7, 11) is -3.40. The Labute approximate surface area is 127 Å². The minimum absolute atomic E-state index is 0.0233. The van der Waals surface area contributed by atoms with Crippen LogP contribution in [0.1, 0.15) is 5.56 Å². The summed E-state index contributed by atoms with van der Waals surface area (Å²) in [6.07, 6.45) is 5.49. The van der Waals surface area contributed by atoms with Gasteiger partial charge in [-0.1, -0.05) is 29.3 Å². The van der Waals surface area contributed by atoms with Crippen LogP contribution in [0.4, 0.5) is 0 Å². The summed E-state index contributed by atoms with van der Waals surface area (Å²) in [6, 6.07) is 5.18. The molecule has 0 radical (unpaired) electrons. The predicted molar refractivity (Wildman–Crippen MR) is 81.5 cm³/mol. The van der Waals surface area contributed by atoms with Crippen molar-refractivity contribution in [2.24, 2.45) is 4.40 Å². The lowest BCUT2D eigenvalue weighted by Gasteiger charge is -2.29. The smallest absolute Gasteiger partial charge is 0.256 e. The van der Waals surface area contributed by atoms with E-state index in [9.17, 15) is 8.42 Å². The van der Waals surface area contributed by atoms with E-state index in [2.05, 4.69) is 4.40 Å². The van der Waals surface area contributed by atoms with E-state index in [1.54, 1.807) is 18.2 Å². The van der Waals surface area contributed by atoms with Crippen molar-refractivity contribution in [2.75, 3.05) is 12.3 Å². The fraction of sp³-hybridized carbons (Fsp3) is 0.154. The van der Waals surface area contributed by atoms with Crippen molar-refractivity contribution in [3.05, 3.63) is 52.2 Å². The molecule has 0 N–H and O–H groups in total. The highest BCUT2D eigenvalue weighted by atomic mass is 35.5. The number of hydrogen-bond donors (Lipinski definition) is 0. The molecule has 0 aromatic heterocycles. The molecule has 0 spiro atoms. The summed E-state index contributed by atoms with van der Waals surface area (Å²) in [5.41, 5.74) is 1.50. The molecule has 1 aromatic rings. The normalized spacial score (nSPS) is 20.2. The maximum Gasteiger partial charge on any atom is 0.256 e. The molecular weight excluding hydrogens is 319 g/mol. The molecule has 1 aromatic carbocycles. The molecule has 20 heavy (non-hydrogen) atoms. The van der Waals surface area contributed by atoms with E-state index >= 15 is 0 Å². The van der Waals surface area contributed by atoms with Gasteiger partial charge in [0.1, 0.15) is 0 Å². The molecule has 0 fully saturated rings. The fourth-order valence-corrected chi connectivity index (χ4v) is 3.39. The molecule has 2 aliphatic heterocycles. The van der Waals surface area contributed by atoms with Gasteiger partial charge in [0.25, 0.3) is 10.0 Å². The number of rotatable bonds is 1. The molecule has 0 saturated heterocycles. The highest BCUT2D eigenvalue weighted by Gasteiger charge is 2.27. The van der Waals surface area contributed by atoms with E-state index in [0.717, 1.165) is 5.56 Å². The van der Waals surface area contributed by atoms with E-state index in [1.807, 2.05) is 23.3 Å². The van der Waals surface area contributed by atoms with Crippen LogP contribution in [0.3, 0.4) is 0 Å². The van der Waals surface area contributed by atoms with Gasteiger partial charge in [-0.3, -0.25) is 0 Å². The molecule has 104 valence electrons. The SMILES string of the molecule is O=S1(=O)CCN2C=CC=C(c3ccc(Cl)c(Cl)c3)C2=N1. The fourth-order valence-electron chi connectivity index (χ4n) is 2.11. The molecule has 0 saturated carbocycles. The molecule has 0 bridgehead atoms. The van der Waals surface area contributed by atoms with Gasteiger partial charge in [0.05, 0.1) is 15.8 Å². The lowest BCUT2D eigenvalue weighted by atomic mass is 10.0. The van der Waals surface area contributed by atoms with Gasteiger partial charge in [-0.25, -0.2) is 8.42 Å². The summed E-state index contributed by atoms with van der Waals surface area (Å²) in [6.45, 7) is 0.399. The van der Waals surface area contributed by atoms with Gasteiger partial charge >= 0.3 is 0 Å². The van der Waals surface area contributed by atoms with E-state index in [4.69, 9.17) is 23.2 Å². The Morgan fingerprint density at radius 2 is 2.00 bits per heavy atom. The molecule has 0 aliphatic carbocycles. The van der Waals surface area contributed by atoms with Crippen molar-refractivity contribution in [2.45, 2.75) is 0 Å². The van der Waals surface area contributed by atoms with Crippen LogP contribution >= 0.6 is 23.2 Å². The number of amidine groups is 1. The highest BCUT2D eigenvalue weighted by Crippen LogP contribution is 2.30. The van der Waals surface area contributed by atoms with Crippen molar-refractivity contribution in [1.29, 1.82) is 0 Å². The number of sulfonamides is 1. The minimum Gasteiger partial charge on any atom is -0.331 e. The van der Waals surface area contributed by atoms with Gasteiger partial charge in [-0.15, -0.1) is 4.40 Å². The van der Waals surface area contributed by atoms with Crippen LogP contribution in [0, 0.1) is 0 Å². The van der Waals surface area contributed by atoms with Crippen molar-refractivity contribution in [3.63, 3.8) is 0 Å². The van der Waals surface area contributed by atoms with Crippen LogP contribution in [0.5, 0.6) is 0 Å². The molecule has 3 rings (SSSR count). The second-order valence-electron chi connectivity index (χ2n) is 4.45. The number of nitrogens with zero attached hydrogens (tertiary/aromatic N) is 2. The van der Waals surface area contributed by atoms with E-state index < -0.39 is 10.0 Å². The molecule has 4 nitrogen and oxygen atoms in total. The monoisotopic (exact) mass is 328 g/mol. The van der Waals surface area contributed by atoms with E-state index in [0.29, 0.717) is 28.0 Å². The number of allylic oxidation sites excluding steroid dienone is 2. The Morgan fingerprint density at radius 3 is 2.75 bits per heavy atom. The van der Waals surface area contributed by atoms with Crippen molar-refractivity contribution >= 4 is 44.6 Å². The largest absolute Gasteiger partial charge is 0.331 e. The van der Waals surface area contributed by atoms with Gasteiger partial charge in [-0.05, 0) is 29.8 Å². The maximum absolute atomic E-state index is 11.7. The lowest BCUT2D eigenvalue weighted by Crippen LogP contribution is -2.37. The molecular formula is C13H10Cl2N2O2S. The van der Waals surface area contributed by atoms with E-state index in [-0.39, 0.29) is 5.75 Å². The first-order valence-corrected chi connectivity index (χ1v) is 8.26. The molecule has 7 heteroatoms. The van der Waals surface area contributed by atoms with Gasteiger partial charge < -0.3 is 4.90 Å². The summed E-state index contributed by atoms with van der Waals surface area (Å²) >= 11 is 11.9. The standard InChI is InChI=1S/C13H10Cl2N2O2S/c14-11-4-3-9(8-12(11)15)10-2-1-5-17-6-7-20(18,19)16-13(10)17/h1-5,8H,6-7H2. The van der Waals surface area contributed by atoms with Crippen LogP contribution in [0.2, 0.25) is 10.0 Å². The zero-order chi connectivity index (χ0) is 14.3. The zero-order valence-electron chi connectivity index (χ0n) is 10.3. The Morgan fingerprint density at radius 1 is 1.20 bits per heavy atom. The molecule has 0 unspecified atom stereocenters. The topological polar surface area (TPSA) is 49.7 Å². The lowest BCUT2D eigenvalue weighted by molar-refractivity contribution is 0.550. The third-order valence-corrected chi connectivity index (χ3v) is 4.98. The molecule has 0 atom stereocenters. The number of hydrogen-bond acceptors (Lipinski definition) is 3. The third-order valence-electron chi connectivity index (χ3n) is 3.09. The Hall–Kier alpha value is -1.30. The second kappa shape index (κ2) is 4.91. The Bertz CT molecular complexity index is 767. The first-order chi connectivity index (χ1) is 9.46. The number of benzene rings is 1. The van der Waals surface area contributed by atoms with Crippen LogP contribution in [-0.4, -0.2) is 31.5 Å². The third kappa shape index (κ3) is 2.49. The summed E-state index contributed by atoms with van der Waals surface area (Å²) in [4.78, 5) is 1.82. The quantitative estimate of drug-likeness (QED) is 0.796. The summed E-state index contributed by atoms with van der Waals surface area (Å²) in [5, 5.41) is 0.878. The van der Waals surface area contributed by atoms with Crippen molar-refractivity contribution < 1.29 is 8.42 Å². The van der Waals surface area contributed by atoms with Crippen LogP contribution in [0.15, 0.2) is 40.9 Å². The second-order valence-corrected chi connectivity index (χ2v) is 7.01. The van der Waals surface area contributed by atoms with Crippen LogP contribution in [0.25, 0.3) is 5.57 Å². The zero-order valence-corrected chi connectivity index (χ0v) is 12.6. The van der Waals surface area contributed by atoms with Crippen molar-refractivity contribution in [3.8, 4) is 0 Å². The average Bonchev–Trinajstić information content (AvgIpc) is 2.40. The Kier molecular flexibility index (Phi) is 3.36. The number of fused-ring (bicyclic) bond motifs is 1. The highest BCUT2D eigenvalue weighted by molar-refractivity contribution is 7.90. The first-order valence-electron chi connectivity index (χ1n) is 5.90. The van der Waals surface area contributed by atoms with Gasteiger partial charge in [0, 0.05) is 18.3 Å². The average molecular weight is 329 g/mol. The molecule has 0 amide bonds. The minimum atomic E-state index is -3.40. The predicted octanol–water partition coefficient (Wildman–Crippen LogP) is 2.95. The van der Waals surface area contributed by atoms with Crippen molar-refractivity contribution in [1.82, 2.24) is 4.90 Å². The van der Waals surface area contributed by atoms with Gasteiger partial charge in [0.2, 0.25) is 0 Å². The maximum atomic E-state index is 11.7. The molecule has 2 heterocycles. The number of halogens is 2.